The molecule has 30 heavy (non-hydrogen) atoms. The standard InChI is InChI=1S/C23H29F3N2O2/c1-16-11-17(2)22(18(3)12-16)30-15-21(29)14-27-7-9-28(10-8-27)20-6-4-5-19(13-20)23(24,25)26/h4-6,11-13,21,29H,7-10,14-15H2,1-3H3/p+1/t21-/m1/s1. The van der Waals surface area contributed by atoms with Crippen molar-refractivity contribution in [2.45, 2.75) is 33.1 Å². The molecule has 0 spiro atoms. The molecule has 1 aliphatic heterocycles. The molecule has 7 heteroatoms. The number of benzene rings is 2. The number of rotatable bonds is 6. The summed E-state index contributed by atoms with van der Waals surface area (Å²) in [5.74, 6) is 0.823. The maximum absolute atomic E-state index is 12.9. The number of hydrogen-bond acceptors (Lipinski definition) is 3. The second-order valence-electron chi connectivity index (χ2n) is 8.18. The minimum absolute atomic E-state index is 0.228. The van der Waals surface area contributed by atoms with Gasteiger partial charge >= 0.3 is 6.18 Å². The summed E-state index contributed by atoms with van der Waals surface area (Å²) in [7, 11) is 0. The van der Waals surface area contributed by atoms with Gasteiger partial charge < -0.3 is 19.6 Å². The Bertz CT molecular complexity index is 839. The summed E-state index contributed by atoms with van der Waals surface area (Å²) in [6.45, 7) is 9.65. The average molecular weight is 423 g/mol. The number of aliphatic hydroxyl groups excluding tert-OH is 1. The molecule has 2 aromatic rings. The second kappa shape index (κ2) is 9.27. The van der Waals surface area contributed by atoms with Crippen molar-refractivity contribution in [3.63, 3.8) is 0 Å². The van der Waals surface area contributed by atoms with Crippen LogP contribution in [0.3, 0.4) is 0 Å². The highest BCUT2D eigenvalue weighted by atomic mass is 19.4. The Kier molecular flexibility index (Phi) is 6.93. The summed E-state index contributed by atoms with van der Waals surface area (Å²) in [4.78, 5) is 3.20. The summed E-state index contributed by atoms with van der Waals surface area (Å²) in [5.41, 5.74) is 3.27. The van der Waals surface area contributed by atoms with Gasteiger partial charge in [0, 0.05) is 5.69 Å². The lowest BCUT2D eigenvalue weighted by molar-refractivity contribution is -0.903. The fourth-order valence-electron chi connectivity index (χ4n) is 4.13. The molecule has 4 nitrogen and oxygen atoms in total. The van der Waals surface area contributed by atoms with Gasteiger partial charge in [0.05, 0.1) is 31.7 Å². The van der Waals surface area contributed by atoms with Gasteiger partial charge in [0.1, 0.15) is 25.0 Å². The van der Waals surface area contributed by atoms with Crippen LogP contribution in [0.1, 0.15) is 22.3 Å². The molecule has 1 aliphatic rings. The lowest BCUT2D eigenvalue weighted by Gasteiger charge is -2.34. The highest BCUT2D eigenvalue weighted by molar-refractivity contribution is 5.49. The predicted molar refractivity (Wildman–Crippen MR) is 111 cm³/mol. The van der Waals surface area contributed by atoms with E-state index < -0.39 is 17.8 Å². The molecule has 0 aromatic heterocycles. The number of nitrogens with one attached hydrogen (secondary N) is 1. The first-order valence-corrected chi connectivity index (χ1v) is 10.3. The first-order chi connectivity index (χ1) is 14.1. The van der Waals surface area contributed by atoms with Crippen molar-refractivity contribution in [1.29, 1.82) is 0 Å². The van der Waals surface area contributed by atoms with E-state index in [9.17, 15) is 18.3 Å². The zero-order valence-electron chi connectivity index (χ0n) is 17.7. The third-order valence-electron chi connectivity index (χ3n) is 5.56. The normalized spacial score (nSPS) is 16.6. The highest BCUT2D eigenvalue weighted by Gasteiger charge is 2.31. The van der Waals surface area contributed by atoms with E-state index in [1.165, 1.54) is 22.6 Å². The molecule has 1 heterocycles. The van der Waals surface area contributed by atoms with Crippen LogP contribution >= 0.6 is 0 Å². The molecule has 0 unspecified atom stereocenters. The molecule has 3 rings (SSSR count). The van der Waals surface area contributed by atoms with Crippen molar-refractivity contribution in [1.82, 2.24) is 0 Å². The number of aliphatic hydroxyl groups is 1. The Balaban J connectivity index is 1.49. The lowest BCUT2D eigenvalue weighted by atomic mass is 10.1. The Hall–Kier alpha value is -2.25. The Morgan fingerprint density at radius 1 is 1.07 bits per heavy atom. The number of hydrogen-bond donors (Lipinski definition) is 2. The molecule has 1 atom stereocenters. The quantitative estimate of drug-likeness (QED) is 0.750. The van der Waals surface area contributed by atoms with Gasteiger partial charge in [0.2, 0.25) is 0 Å². The topological polar surface area (TPSA) is 37.1 Å². The smallest absolute Gasteiger partial charge is 0.416 e. The Labute approximate surface area is 175 Å². The summed E-state index contributed by atoms with van der Waals surface area (Å²) in [6, 6.07) is 9.60. The van der Waals surface area contributed by atoms with Crippen LogP contribution in [0.2, 0.25) is 0 Å². The van der Waals surface area contributed by atoms with Gasteiger partial charge in [-0.15, -0.1) is 0 Å². The zero-order valence-corrected chi connectivity index (χ0v) is 17.7. The summed E-state index contributed by atoms with van der Waals surface area (Å²) < 4.78 is 44.7. The van der Waals surface area contributed by atoms with E-state index in [-0.39, 0.29) is 6.61 Å². The van der Waals surface area contributed by atoms with Crippen molar-refractivity contribution in [3.05, 3.63) is 58.7 Å². The van der Waals surface area contributed by atoms with Gasteiger partial charge in [0.25, 0.3) is 0 Å². The van der Waals surface area contributed by atoms with Crippen molar-refractivity contribution in [2.75, 3.05) is 44.2 Å². The van der Waals surface area contributed by atoms with Gasteiger partial charge in [-0.05, 0) is 50.1 Å². The van der Waals surface area contributed by atoms with Crippen LogP contribution in [0, 0.1) is 20.8 Å². The van der Waals surface area contributed by atoms with E-state index in [1.807, 2.05) is 25.7 Å². The molecule has 0 radical (unpaired) electrons. The number of alkyl halides is 3. The Morgan fingerprint density at radius 3 is 2.30 bits per heavy atom. The Morgan fingerprint density at radius 2 is 1.70 bits per heavy atom. The molecular formula is C23H30F3N2O2+. The number of anilines is 1. The van der Waals surface area contributed by atoms with E-state index in [4.69, 9.17) is 4.74 Å². The van der Waals surface area contributed by atoms with Crippen LogP contribution in [0.4, 0.5) is 18.9 Å². The van der Waals surface area contributed by atoms with Crippen LogP contribution in [-0.2, 0) is 6.18 Å². The van der Waals surface area contributed by atoms with E-state index in [0.717, 1.165) is 36.0 Å². The first kappa shape index (κ1) is 22.4. The number of piperazine rings is 1. The number of aryl methyl sites for hydroxylation is 3. The van der Waals surface area contributed by atoms with Crippen LogP contribution in [0.15, 0.2) is 36.4 Å². The number of nitrogens with zero attached hydrogens (tertiary/aromatic N) is 1. The van der Waals surface area contributed by atoms with Crippen molar-refractivity contribution >= 4 is 5.69 Å². The summed E-state index contributed by atoms with van der Waals surface area (Å²) >= 11 is 0. The minimum atomic E-state index is -4.33. The van der Waals surface area contributed by atoms with Gasteiger partial charge in [-0.3, -0.25) is 0 Å². The number of quaternary nitrogens is 1. The van der Waals surface area contributed by atoms with E-state index in [1.54, 1.807) is 6.07 Å². The third kappa shape index (κ3) is 5.67. The lowest BCUT2D eigenvalue weighted by Crippen LogP contribution is -3.16. The molecule has 0 bridgehead atoms. The fourth-order valence-corrected chi connectivity index (χ4v) is 4.13. The maximum atomic E-state index is 12.9. The molecule has 0 amide bonds. The zero-order chi connectivity index (χ0) is 21.9. The van der Waals surface area contributed by atoms with Gasteiger partial charge in [-0.25, -0.2) is 0 Å². The molecule has 1 fully saturated rings. The van der Waals surface area contributed by atoms with Crippen LogP contribution in [0.25, 0.3) is 0 Å². The first-order valence-electron chi connectivity index (χ1n) is 10.3. The molecule has 1 saturated heterocycles. The van der Waals surface area contributed by atoms with Crippen molar-refractivity contribution in [2.24, 2.45) is 0 Å². The molecule has 0 aliphatic carbocycles. The third-order valence-corrected chi connectivity index (χ3v) is 5.56. The van der Waals surface area contributed by atoms with Crippen molar-refractivity contribution in [3.8, 4) is 5.75 Å². The SMILES string of the molecule is Cc1cc(C)c(OC[C@H](O)C[NH+]2CCN(c3cccc(C(F)(F)F)c3)CC2)c(C)c1. The van der Waals surface area contributed by atoms with E-state index >= 15 is 0 Å². The number of ether oxygens (including phenoxy) is 1. The molecule has 2 aromatic carbocycles. The molecule has 164 valence electrons. The van der Waals surface area contributed by atoms with Crippen molar-refractivity contribution < 1.29 is 27.9 Å². The maximum Gasteiger partial charge on any atom is 0.416 e. The van der Waals surface area contributed by atoms with Crippen LogP contribution in [0.5, 0.6) is 5.75 Å². The van der Waals surface area contributed by atoms with E-state index in [2.05, 4.69) is 12.1 Å². The molecular weight excluding hydrogens is 393 g/mol. The summed E-state index contributed by atoms with van der Waals surface area (Å²) in [6.07, 6.45) is -4.93. The molecule has 0 saturated carbocycles. The largest absolute Gasteiger partial charge is 0.490 e. The fraction of sp³-hybridized carbons (Fsp3) is 0.478. The number of halogens is 3. The van der Waals surface area contributed by atoms with Crippen LogP contribution in [-0.4, -0.2) is 50.5 Å². The monoisotopic (exact) mass is 423 g/mol. The molecule has 2 N–H and O–H groups in total. The van der Waals surface area contributed by atoms with Crippen LogP contribution < -0.4 is 14.5 Å². The van der Waals surface area contributed by atoms with Gasteiger partial charge in [0.15, 0.2) is 0 Å². The summed E-state index contributed by atoms with van der Waals surface area (Å²) in [5, 5.41) is 10.4. The average Bonchev–Trinajstić information content (AvgIpc) is 2.67. The highest BCUT2D eigenvalue weighted by Crippen LogP contribution is 2.31. The minimum Gasteiger partial charge on any atom is -0.490 e. The predicted octanol–water partition coefficient (Wildman–Crippen LogP) is 2.78. The second-order valence-corrected chi connectivity index (χ2v) is 8.18. The van der Waals surface area contributed by atoms with E-state index in [0.29, 0.717) is 25.3 Å². The van der Waals surface area contributed by atoms with Gasteiger partial charge in [-0.1, -0.05) is 23.8 Å². The van der Waals surface area contributed by atoms with Gasteiger partial charge in [-0.2, -0.15) is 13.2 Å².